The molecule has 0 N–H and O–H groups in total. The lowest BCUT2D eigenvalue weighted by Gasteiger charge is -2.29. The molecule has 2 aliphatic heterocycles. The summed E-state index contributed by atoms with van der Waals surface area (Å²) in [4.78, 5) is 2.33. The fourth-order valence-electron chi connectivity index (χ4n) is 7.55. The zero-order valence-electron chi connectivity index (χ0n) is 25.0. The zero-order valence-corrected chi connectivity index (χ0v) is 25.0. The van der Waals surface area contributed by atoms with E-state index in [4.69, 9.17) is 13.9 Å². The van der Waals surface area contributed by atoms with Gasteiger partial charge in [-0.15, -0.1) is 0 Å². The van der Waals surface area contributed by atoms with E-state index in [9.17, 15) is 0 Å². The van der Waals surface area contributed by atoms with Gasteiger partial charge in [0.05, 0.1) is 27.8 Å². The Morgan fingerprint density at radius 2 is 1.11 bits per heavy atom. The molecule has 0 atom stereocenters. The molecule has 4 heterocycles. The minimum Gasteiger partial charge on any atom is -0.456 e. The Morgan fingerprint density at radius 1 is 0.447 bits per heavy atom. The van der Waals surface area contributed by atoms with Crippen LogP contribution in [0.3, 0.4) is 0 Å². The highest BCUT2D eigenvalue weighted by atomic mass is 16.5. The molecule has 0 saturated carbocycles. The second-order valence-electron chi connectivity index (χ2n) is 12.1. The van der Waals surface area contributed by atoms with Crippen LogP contribution in [-0.2, 0) is 0 Å². The molecule has 7 aromatic carbocycles. The minimum atomic E-state index is 0.780. The Morgan fingerprint density at radius 3 is 1.98 bits per heavy atom. The van der Waals surface area contributed by atoms with Crippen LogP contribution in [0.25, 0.3) is 60.6 Å². The van der Waals surface area contributed by atoms with Gasteiger partial charge in [-0.2, -0.15) is 0 Å². The summed E-state index contributed by atoms with van der Waals surface area (Å²) in [5.74, 6) is 3.23. The van der Waals surface area contributed by atoms with Crippen molar-refractivity contribution in [2.75, 3.05) is 4.90 Å². The van der Waals surface area contributed by atoms with E-state index in [1.807, 2.05) is 48.5 Å². The normalized spacial score (nSPS) is 12.6. The maximum Gasteiger partial charge on any atom is 0.155 e. The van der Waals surface area contributed by atoms with Gasteiger partial charge in [0.1, 0.15) is 16.9 Å². The second kappa shape index (κ2) is 9.05. The maximum atomic E-state index is 6.73. The van der Waals surface area contributed by atoms with E-state index >= 15 is 0 Å². The quantitative estimate of drug-likeness (QED) is 0.200. The Labute approximate surface area is 269 Å². The van der Waals surface area contributed by atoms with E-state index in [-0.39, 0.29) is 0 Å². The van der Waals surface area contributed by atoms with Crippen LogP contribution in [0, 0.1) is 0 Å². The van der Waals surface area contributed by atoms with E-state index in [0.717, 1.165) is 95.1 Å². The lowest BCUT2D eigenvalue weighted by molar-refractivity contribution is 0.444. The van der Waals surface area contributed by atoms with Gasteiger partial charge < -0.3 is 18.8 Å². The number of hydrogen-bond donors (Lipinski definition) is 0. The van der Waals surface area contributed by atoms with E-state index in [1.54, 1.807) is 0 Å². The highest BCUT2D eigenvalue weighted by molar-refractivity contribution is 6.17. The molecule has 2 aliphatic rings. The van der Waals surface area contributed by atoms with Crippen LogP contribution < -0.4 is 14.4 Å². The first-order chi connectivity index (χ1) is 23.3. The molecule has 9 aromatic rings. The van der Waals surface area contributed by atoms with Gasteiger partial charge in [-0.05, 0) is 65.7 Å². The molecule has 0 fully saturated rings. The molecule has 0 saturated heterocycles. The first kappa shape index (κ1) is 24.8. The molecule has 0 bridgehead atoms. The number of anilines is 3. The van der Waals surface area contributed by atoms with Crippen molar-refractivity contribution in [3.05, 3.63) is 146 Å². The van der Waals surface area contributed by atoms with Crippen LogP contribution in [-0.4, -0.2) is 4.57 Å². The van der Waals surface area contributed by atoms with Crippen molar-refractivity contribution in [1.29, 1.82) is 0 Å². The Bertz CT molecular complexity index is 2740. The molecule has 5 heteroatoms. The van der Waals surface area contributed by atoms with Crippen LogP contribution in [0.1, 0.15) is 0 Å². The van der Waals surface area contributed by atoms with Crippen LogP contribution in [0.15, 0.2) is 150 Å². The Balaban J connectivity index is 1.21. The molecular weight excluding hydrogens is 580 g/mol. The fourth-order valence-corrected chi connectivity index (χ4v) is 7.55. The SMILES string of the molecule is c1ccc(-c2ccc(N(c3cc4c5c(c3)c3cccc6c3n5-c3c(cccc3O4)O6)c3cccc4oc5ccccc5c34)cc2)cc1. The number of hydrogen-bond acceptors (Lipinski definition) is 4. The van der Waals surface area contributed by atoms with Gasteiger partial charge in [0.15, 0.2) is 23.0 Å². The predicted octanol–water partition coefficient (Wildman–Crippen LogP) is 12.0. The number of furan rings is 1. The Kier molecular flexibility index (Phi) is 4.78. The molecule has 0 amide bonds. The first-order valence-corrected chi connectivity index (χ1v) is 15.8. The average Bonchev–Trinajstić information content (AvgIpc) is 3.67. The third kappa shape index (κ3) is 3.37. The lowest BCUT2D eigenvalue weighted by atomic mass is 10.0. The number of nitrogens with zero attached hydrogens (tertiary/aromatic N) is 2. The highest BCUT2D eigenvalue weighted by Gasteiger charge is 2.33. The predicted molar refractivity (Wildman–Crippen MR) is 188 cm³/mol. The number of benzene rings is 7. The van der Waals surface area contributed by atoms with E-state index in [0.29, 0.717) is 0 Å². The molecule has 5 nitrogen and oxygen atoms in total. The van der Waals surface area contributed by atoms with Gasteiger partial charge in [0.2, 0.25) is 0 Å². The number of rotatable bonds is 4. The molecule has 0 radical (unpaired) electrons. The summed E-state index contributed by atoms with van der Waals surface area (Å²) in [5.41, 5.74) is 10.2. The van der Waals surface area contributed by atoms with Crippen LogP contribution >= 0.6 is 0 Å². The second-order valence-corrected chi connectivity index (χ2v) is 12.1. The van der Waals surface area contributed by atoms with Crippen LogP contribution in [0.4, 0.5) is 17.1 Å². The summed E-state index contributed by atoms with van der Waals surface area (Å²) in [6.07, 6.45) is 0. The van der Waals surface area contributed by atoms with Crippen molar-refractivity contribution < 1.29 is 13.9 Å². The molecule has 0 unspecified atom stereocenters. The van der Waals surface area contributed by atoms with Crippen LogP contribution in [0.5, 0.6) is 23.0 Å². The third-order valence-electron chi connectivity index (χ3n) is 9.53. The van der Waals surface area contributed by atoms with Gasteiger partial charge in [0.25, 0.3) is 0 Å². The van der Waals surface area contributed by atoms with Crippen molar-refractivity contribution in [2.45, 2.75) is 0 Å². The van der Waals surface area contributed by atoms with Gasteiger partial charge in [-0.3, -0.25) is 4.57 Å². The molecular formula is C42H24N2O3. The van der Waals surface area contributed by atoms with E-state index in [2.05, 4.69) is 107 Å². The monoisotopic (exact) mass is 604 g/mol. The zero-order chi connectivity index (χ0) is 30.6. The largest absolute Gasteiger partial charge is 0.456 e. The molecule has 220 valence electrons. The van der Waals surface area contributed by atoms with Crippen molar-refractivity contribution in [3.8, 4) is 39.8 Å². The third-order valence-corrected chi connectivity index (χ3v) is 9.53. The molecule has 2 aromatic heterocycles. The minimum absolute atomic E-state index is 0.780. The number of aromatic nitrogens is 1. The fraction of sp³-hybridized carbons (Fsp3) is 0. The summed E-state index contributed by atoms with van der Waals surface area (Å²) >= 11 is 0. The van der Waals surface area contributed by atoms with Crippen LogP contribution in [0.2, 0.25) is 0 Å². The molecule has 47 heavy (non-hydrogen) atoms. The maximum absolute atomic E-state index is 6.73. The summed E-state index contributed by atoms with van der Waals surface area (Å²) < 4.78 is 21.8. The average molecular weight is 605 g/mol. The van der Waals surface area contributed by atoms with Gasteiger partial charge in [0, 0.05) is 27.9 Å². The highest BCUT2D eigenvalue weighted by Crippen LogP contribution is 2.55. The number of para-hydroxylation sites is 3. The number of fused-ring (bicyclic) bond motifs is 4. The summed E-state index contributed by atoms with van der Waals surface area (Å²) in [6.45, 7) is 0. The standard InChI is InChI=1S/C42H24N2O3/c1-2-9-25(10-3-1)26-19-21-27(22-20-26)43(32-13-7-15-34-39(32)30-11-4-5-14-33(30)45-34)28-23-31-29-12-6-16-35-40(29)44-41(31)38(24-28)47-37-18-8-17-36(46-35)42(37)44/h1-24H. The molecule has 11 rings (SSSR count). The molecule has 0 aliphatic carbocycles. The molecule has 0 spiro atoms. The van der Waals surface area contributed by atoms with Crippen molar-refractivity contribution >= 4 is 60.8 Å². The van der Waals surface area contributed by atoms with E-state index < -0.39 is 0 Å². The topological polar surface area (TPSA) is 39.8 Å². The number of ether oxygens (including phenoxy) is 2. The van der Waals surface area contributed by atoms with Crippen molar-refractivity contribution in [3.63, 3.8) is 0 Å². The Hall–Kier alpha value is -6.46. The smallest absolute Gasteiger partial charge is 0.155 e. The summed E-state index contributed by atoms with van der Waals surface area (Å²) in [7, 11) is 0. The lowest BCUT2D eigenvalue weighted by Crippen LogP contribution is -2.12. The van der Waals surface area contributed by atoms with Crippen molar-refractivity contribution in [1.82, 2.24) is 4.57 Å². The van der Waals surface area contributed by atoms with Crippen molar-refractivity contribution in [2.24, 2.45) is 0 Å². The van der Waals surface area contributed by atoms with Gasteiger partial charge >= 0.3 is 0 Å². The summed E-state index contributed by atoms with van der Waals surface area (Å²) in [5, 5.41) is 4.37. The van der Waals surface area contributed by atoms with E-state index in [1.165, 1.54) is 5.56 Å². The summed E-state index contributed by atoms with van der Waals surface area (Å²) in [6, 6.07) is 50.6. The first-order valence-electron chi connectivity index (χ1n) is 15.8. The van der Waals surface area contributed by atoms with Gasteiger partial charge in [-0.1, -0.05) is 84.9 Å². The van der Waals surface area contributed by atoms with Gasteiger partial charge in [-0.25, -0.2) is 0 Å².